The third-order valence-electron chi connectivity index (χ3n) is 2.87. The molecule has 1 saturated carbocycles. The minimum atomic E-state index is -0.378. The van der Waals surface area contributed by atoms with Gasteiger partial charge in [0.1, 0.15) is 11.6 Å². The van der Waals surface area contributed by atoms with Crippen LogP contribution in [0.1, 0.15) is 24.8 Å². The molecule has 0 heterocycles. The summed E-state index contributed by atoms with van der Waals surface area (Å²) in [7, 11) is 0. The van der Waals surface area contributed by atoms with Crippen molar-refractivity contribution < 1.29 is 8.78 Å². The zero-order chi connectivity index (χ0) is 10.3. The van der Waals surface area contributed by atoms with Crippen LogP contribution in [0.15, 0.2) is 18.2 Å². The Bertz CT molecular complexity index is 349. The molecule has 1 nitrogen and oxygen atoms in total. The summed E-state index contributed by atoms with van der Waals surface area (Å²) in [5.74, 6) is -0.270. The molecule has 3 atom stereocenters. The molecule has 1 aliphatic carbocycles. The standard InChI is InChI=1S/C11H13F2N/c1-6(14)8-5-9(8)10-4-7(12)2-3-11(10)13/h2-4,6,8-9H,5,14H2,1H3/t6-,8-,9-/m0/s1. The van der Waals surface area contributed by atoms with Crippen molar-refractivity contribution in [2.45, 2.75) is 25.3 Å². The second-order valence-electron chi connectivity index (χ2n) is 4.03. The predicted molar refractivity (Wildman–Crippen MR) is 50.9 cm³/mol. The van der Waals surface area contributed by atoms with Gasteiger partial charge in [0, 0.05) is 6.04 Å². The van der Waals surface area contributed by atoms with E-state index in [9.17, 15) is 8.78 Å². The molecule has 1 aliphatic rings. The predicted octanol–water partition coefficient (Wildman–Crippen LogP) is 2.42. The maximum Gasteiger partial charge on any atom is 0.126 e. The van der Waals surface area contributed by atoms with E-state index in [1.54, 1.807) is 0 Å². The van der Waals surface area contributed by atoms with Gasteiger partial charge in [-0.2, -0.15) is 0 Å². The number of rotatable bonds is 2. The molecule has 0 saturated heterocycles. The van der Waals surface area contributed by atoms with Crippen molar-refractivity contribution in [3.63, 3.8) is 0 Å². The second kappa shape index (κ2) is 3.31. The normalized spacial score (nSPS) is 27.4. The van der Waals surface area contributed by atoms with Gasteiger partial charge in [-0.3, -0.25) is 0 Å². The summed E-state index contributed by atoms with van der Waals surface area (Å²) in [5, 5.41) is 0. The van der Waals surface area contributed by atoms with E-state index in [0.29, 0.717) is 11.5 Å². The van der Waals surface area contributed by atoms with Crippen LogP contribution in [0.3, 0.4) is 0 Å². The van der Waals surface area contributed by atoms with Gasteiger partial charge in [-0.15, -0.1) is 0 Å². The van der Waals surface area contributed by atoms with Gasteiger partial charge in [0.15, 0.2) is 0 Å². The van der Waals surface area contributed by atoms with E-state index in [-0.39, 0.29) is 23.6 Å². The zero-order valence-electron chi connectivity index (χ0n) is 8.00. The molecule has 14 heavy (non-hydrogen) atoms. The van der Waals surface area contributed by atoms with Crippen molar-refractivity contribution in [3.8, 4) is 0 Å². The van der Waals surface area contributed by atoms with Crippen molar-refractivity contribution in [3.05, 3.63) is 35.4 Å². The zero-order valence-corrected chi connectivity index (χ0v) is 8.00. The van der Waals surface area contributed by atoms with Gasteiger partial charge < -0.3 is 5.73 Å². The number of hydrogen-bond donors (Lipinski definition) is 1. The topological polar surface area (TPSA) is 26.0 Å². The number of benzene rings is 1. The molecule has 0 amide bonds. The Labute approximate surface area is 81.9 Å². The lowest BCUT2D eigenvalue weighted by molar-refractivity contribution is 0.572. The maximum absolute atomic E-state index is 13.3. The number of halogens is 2. The van der Waals surface area contributed by atoms with Crippen molar-refractivity contribution >= 4 is 0 Å². The Kier molecular flexibility index (Phi) is 2.27. The summed E-state index contributed by atoms with van der Waals surface area (Å²) < 4.78 is 26.2. The van der Waals surface area contributed by atoms with Gasteiger partial charge >= 0.3 is 0 Å². The van der Waals surface area contributed by atoms with Gasteiger partial charge in [-0.05, 0) is 48.9 Å². The van der Waals surface area contributed by atoms with E-state index in [2.05, 4.69) is 0 Å². The largest absolute Gasteiger partial charge is 0.328 e. The Morgan fingerprint density at radius 2 is 2.14 bits per heavy atom. The molecule has 3 heteroatoms. The van der Waals surface area contributed by atoms with Gasteiger partial charge in [0.2, 0.25) is 0 Å². The van der Waals surface area contributed by atoms with Gasteiger partial charge in [0.05, 0.1) is 0 Å². The monoisotopic (exact) mass is 197 g/mol. The number of nitrogens with two attached hydrogens (primary N) is 1. The van der Waals surface area contributed by atoms with E-state index in [1.165, 1.54) is 12.1 Å². The third kappa shape index (κ3) is 1.64. The lowest BCUT2D eigenvalue weighted by atomic mass is 10.1. The highest BCUT2D eigenvalue weighted by Gasteiger charge is 2.42. The third-order valence-corrected chi connectivity index (χ3v) is 2.87. The first-order chi connectivity index (χ1) is 6.59. The highest BCUT2D eigenvalue weighted by Crippen LogP contribution is 2.49. The molecule has 0 aliphatic heterocycles. The number of hydrogen-bond acceptors (Lipinski definition) is 1. The molecule has 0 aromatic heterocycles. The van der Waals surface area contributed by atoms with Crippen molar-refractivity contribution in [1.29, 1.82) is 0 Å². The maximum atomic E-state index is 13.3. The Hall–Kier alpha value is -0.960. The summed E-state index contributed by atoms with van der Waals surface area (Å²) in [6, 6.07) is 3.66. The highest BCUT2D eigenvalue weighted by molar-refractivity contribution is 5.28. The molecule has 2 N–H and O–H groups in total. The molecule has 1 aromatic carbocycles. The Morgan fingerprint density at radius 3 is 2.71 bits per heavy atom. The summed E-state index contributed by atoms with van der Waals surface area (Å²) in [6.45, 7) is 1.90. The molecular formula is C11H13F2N. The molecule has 1 fully saturated rings. The van der Waals surface area contributed by atoms with Crippen LogP contribution in [-0.2, 0) is 0 Å². The highest BCUT2D eigenvalue weighted by atomic mass is 19.1. The van der Waals surface area contributed by atoms with E-state index in [0.717, 1.165) is 12.5 Å². The van der Waals surface area contributed by atoms with Crippen molar-refractivity contribution in [1.82, 2.24) is 0 Å². The molecular weight excluding hydrogens is 184 g/mol. The summed E-state index contributed by atoms with van der Waals surface area (Å²) in [6.07, 6.45) is 0.873. The summed E-state index contributed by atoms with van der Waals surface area (Å²) in [5.41, 5.74) is 6.18. The first-order valence-electron chi connectivity index (χ1n) is 4.80. The SMILES string of the molecule is C[C@H](N)[C@@H]1C[C@@H]1c1cc(F)ccc1F. The fraction of sp³-hybridized carbons (Fsp3) is 0.455. The van der Waals surface area contributed by atoms with Crippen LogP contribution in [-0.4, -0.2) is 6.04 Å². The first kappa shape index (κ1) is 9.59. The molecule has 1 aromatic rings. The average molecular weight is 197 g/mol. The lowest BCUT2D eigenvalue weighted by Crippen LogP contribution is -2.18. The smallest absolute Gasteiger partial charge is 0.126 e. The van der Waals surface area contributed by atoms with Crippen LogP contribution < -0.4 is 5.73 Å². The van der Waals surface area contributed by atoms with Crippen molar-refractivity contribution in [2.75, 3.05) is 0 Å². The quantitative estimate of drug-likeness (QED) is 0.774. The van der Waals surface area contributed by atoms with Crippen molar-refractivity contribution in [2.24, 2.45) is 11.7 Å². The van der Waals surface area contributed by atoms with Crippen LogP contribution >= 0.6 is 0 Å². The van der Waals surface area contributed by atoms with Crippen LogP contribution in [0.25, 0.3) is 0 Å². The Morgan fingerprint density at radius 1 is 1.43 bits per heavy atom. The van der Waals surface area contributed by atoms with Crippen LogP contribution in [0.4, 0.5) is 8.78 Å². The van der Waals surface area contributed by atoms with Crippen LogP contribution in [0.5, 0.6) is 0 Å². The van der Waals surface area contributed by atoms with Gasteiger partial charge in [-0.25, -0.2) is 8.78 Å². The van der Waals surface area contributed by atoms with Gasteiger partial charge in [-0.1, -0.05) is 0 Å². The lowest BCUT2D eigenvalue weighted by Gasteiger charge is -2.05. The Balaban J connectivity index is 2.22. The molecule has 0 spiro atoms. The second-order valence-corrected chi connectivity index (χ2v) is 4.03. The van der Waals surface area contributed by atoms with E-state index in [1.807, 2.05) is 6.92 Å². The summed E-state index contributed by atoms with van der Waals surface area (Å²) >= 11 is 0. The summed E-state index contributed by atoms with van der Waals surface area (Å²) in [4.78, 5) is 0. The van der Waals surface area contributed by atoms with Crippen LogP contribution in [0.2, 0.25) is 0 Å². The molecule has 0 radical (unpaired) electrons. The fourth-order valence-corrected chi connectivity index (χ4v) is 1.95. The molecule has 2 rings (SSSR count). The minimum Gasteiger partial charge on any atom is -0.328 e. The first-order valence-corrected chi connectivity index (χ1v) is 4.80. The van der Waals surface area contributed by atoms with Crippen LogP contribution in [0, 0.1) is 17.6 Å². The van der Waals surface area contributed by atoms with Gasteiger partial charge in [0.25, 0.3) is 0 Å². The average Bonchev–Trinajstić information content (AvgIpc) is 2.88. The van der Waals surface area contributed by atoms with E-state index in [4.69, 9.17) is 5.73 Å². The van der Waals surface area contributed by atoms with E-state index >= 15 is 0 Å². The molecule has 0 unspecified atom stereocenters. The fourth-order valence-electron chi connectivity index (χ4n) is 1.95. The van der Waals surface area contributed by atoms with E-state index < -0.39 is 0 Å². The molecule has 0 bridgehead atoms. The molecule has 76 valence electrons. The minimum absolute atomic E-state index is 0.0580.